The molecule has 4 nitrogen and oxygen atoms in total. The Kier molecular flexibility index (Phi) is 5.85. The minimum Gasteiger partial charge on any atom is -0.385 e. The number of Topliss-reactive ketones (excluding diaryl/α,β-unsaturated/α-hetero) is 1. The molecule has 1 unspecified atom stereocenters. The molecule has 4 heteroatoms. The lowest BCUT2D eigenvalue weighted by Gasteiger charge is -2.53. The first-order valence-electron chi connectivity index (χ1n) is 12.3. The molecule has 0 radical (unpaired) electrons. The van der Waals surface area contributed by atoms with Crippen molar-refractivity contribution < 1.29 is 9.53 Å². The number of carbonyl (C=O) groups excluding carboxylic acids is 1. The molecule has 2 aromatic rings. The Balaban J connectivity index is 1.43. The summed E-state index contributed by atoms with van der Waals surface area (Å²) in [5.74, 6) is 1.49. The summed E-state index contributed by atoms with van der Waals surface area (Å²) in [5.41, 5.74) is 5.73. The predicted octanol–water partition coefficient (Wildman–Crippen LogP) is 5.58. The van der Waals surface area contributed by atoms with Crippen LogP contribution in [0.25, 0.3) is 0 Å². The second-order valence-electron chi connectivity index (χ2n) is 10.3. The molecule has 5 rings (SSSR count). The normalized spacial score (nSPS) is 27.3. The molecule has 2 aromatic carbocycles. The fraction of sp³-hybridized carbons (Fsp3) is 0.536. The lowest BCUT2D eigenvalue weighted by molar-refractivity contribution is 0.0266. The second-order valence-corrected chi connectivity index (χ2v) is 10.3. The van der Waals surface area contributed by atoms with Gasteiger partial charge >= 0.3 is 0 Å². The molecule has 0 aromatic heterocycles. The summed E-state index contributed by atoms with van der Waals surface area (Å²) < 4.78 is 5.23. The van der Waals surface area contributed by atoms with E-state index in [4.69, 9.17) is 4.74 Å². The van der Waals surface area contributed by atoms with Gasteiger partial charge in [0.2, 0.25) is 0 Å². The Labute approximate surface area is 192 Å². The van der Waals surface area contributed by atoms with Gasteiger partial charge in [0.1, 0.15) is 0 Å². The molecule has 2 fully saturated rings. The summed E-state index contributed by atoms with van der Waals surface area (Å²) in [6.07, 6.45) is 5.77. The molecular weight excluding hydrogens is 396 g/mol. The fourth-order valence-corrected chi connectivity index (χ4v) is 5.91. The summed E-state index contributed by atoms with van der Waals surface area (Å²) in [6.45, 7) is 7.59. The first-order chi connectivity index (χ1) is 15.5. The van der Waals surface area contributed by atoms with Crippen molar-refractivity contribution in [3.63, 3.8) is 0 Å². The van der Waals surface area contributed by atoms with Gasteiger partial charge in [-0.25, -0.2) is 0 Å². The highest BCUT2D eigenvalue weighted by Crippen LogP contribution is 2.50. The summed E-state index contributed by atoms with van der Waals surface area (Å²) in [7, 11) is 1.75. The number of rotatable bonds is 8. The highest BCUT2D eigenvalue weighted by Gasteiger charge is 2.52. The van der Waals surface area contributed by atoms with Crippen LogP contribution in [0.4, 0.5) is 11.4 Å². The van der Waals surface area contributed by atoms with Crippen molar-refractivity contribution in [1.82, 2.24) is 4.90 Å². The number of para-hydroxylation sites is 1. The standard InChI is InChI=1S/C28H36N2O2/c1-19-26-27(31)23-13-12-22(29-25-9-5-4-7-21(25)8-6-16-32-3)17-24(23)28(19,2)14-15-30(26)18-20-10-11-20/h4-5,7,9,12-13,17,19-20,26,29H,6,8,10-11,14-16,18H2,1-3H3/t19-,26?,28+/m0/s1. The molecule has 1 aliphatic heterocycles. The van der Waals surface area contributed by atoms with Crippen molar-refractivity contribution in [2.75, 3.05) is 32.1 Å². The largest absolute Gasteiger partial charge is 0.385 e. The number of nitrogens with zero attached hydrogens (tertiary/aromatic N) is 1. The van der Waals surface area contributed by atoms with E-state index in [0.29, 0.717) is 11.7 Å². The number of ketones is 1. The smallest absolute Gasteiger partial charge is 0.180 e. The van der Waals surface area contributed by atoms with Gasteiger partial charge < -0.3 is 10.1 Å². The van der Waals surface area contributed by atoms with Crippen LogP contribution in [0.2, 0.25) is 0 Å². The Hall–Kier alpha value is -2.17. The first-order valence-corrected chi connectivity index (χ1v) is 12.3. The molecule has 1 saturated heterocycles. The molecule has 3 aliphatic rings. The number of nitrogens with one attached hydrogen (secondary N) is 1. The molecule has 1 heterocycles. The average Bonchev–Trinajstić information content (AvgIpc) is 3.61. The minimum absolute atomic E-state index is 0.0437. The van der Waals surface area contributed by atoms with E-state index in [1.165, 1.54) is 24.0 Å². The number of benzene rings is 2. The molecule has 1 saturated carbocycles. The van der Waals surface area contributed by atoms with Crippen LogP contribution in [0, 0.1) is 11.8 Å². The van der Waals surface area contributed by atoms with E-state index in [9.17, 15) is 4.79 Å². The minimum atomic E-state index is 0.0437. The third-order valence-electron chi connectivity index (χ3n) is 8.24. The van der Waals surface area contributed by atoms with Gasteiger partial charge in [-0.1, -0.05) is 32.0 Å². The molecule has 0 amide bonds. The van der Waals surface area contributed by atoms with E-state index in [1.807, 2.05) is 0 Å². The van der Waals surface area contributed by atoms with Crippen LogP contribution in [-0.2, 0) is 16.6 Å². The molecule has 32 heavy (non-hydrogen) atoms. The first kappa shape index (κ1) is 21.7. The lowest BCUT2D eigenvalue weighted by atomic mass is 9.58. The Morgan fingerprint density at radius 3 is 2.78 bits per heavy atom. The highest BCUT2D eigenvalue weighted by molar-refractivity contribution is 6.04. The number of methoxy groups -OCH3 is 1. The van der Waals surface area contributed by atoms with Gasteiger partial charge in [0.25, 0.3) is 0 Å². The molecule has 0 spiro atoms. The zero-order chi connectivity index (χ0) is 22.3. The topological polar surface area (TPSA) is 41.6 Å². The Bertz CT molecular complexity index is 999. The van der Waals surface area contributed by atoms with Crippen molar-refractivity contribution in [3.8, 4) is 0 Å². The van der Waals surface area contributed by atoms with E-state index in [0.717, 1.165) is 61.8 Å². The second kappa shape index (κ2) is 8.64. The molecule has 170 valence electrons. The molecular formula is C28H36N2O2. The van der Waals surface area contributed by atoms with E-state index in [1.54, 1.807) is 7.11 Å². The predicted molar refractivity (Wildman–Crippen MR) is 130 cm³/mol. The van der Waals surface area contributed by atoms with Crippen LogP contribution >= 0.6 is 0 Å². The zero-order valence-corrected chi connectivity index (χ0v) is 19.7. The van der Waals surface area contributed by atoms with Crippen molar-refractivity contribution >= 4 is 17.2 Å². The number of hydrogen-bond acceptors (Lipinski definition) is 4. The number of fused-ring (bicyclic) bond motifs is 4. The average molecular weight is 433 g/mol. The van der Waals surface area contributed by atoms with Crippen molar-refractivity contribution in [2.24, 2.45) is 11.8 Å². The van der Waals surface area contributed by atoms with Gasteiger partial charge in [-0.2, -0.15) is 0 Å². The summed E-state index contributed by atoms with van der Waals surface area (Å²) in [4.78, 5) is 16.1. The fourth-order valence-electron chi connectivity index (χ4n) is 5.91. The van der Waals surface area contributed by atoms with Crippen LogP contribution in [0.1, 0.15) is 61.0 Å². The van der Waals surface area contributed by atoms with Gasteiger partial charge in [-0.05, 0) is 91.3 Å². The van der Waals surface area contributed by atoms with Crippen LogP contribution < -0.4 is 5.32 Å². The maximum atomic E-state index is 13.6. The third-order valence-corrected chi connectivity index (χ3v) is 8.24. The maximum absolute atomic E-state index is 13.6. The summed E-state index contributed by atoms with van der Waals surface area (Å²) in [5, 5.41) is 3.65. The van der Waals surface area contributed by atoms with Crippen molar-refractivity contribution in [2.45, 2.75) is 57.4 Å². The summed E-state index contributed by atoms with van der Waals surface area (Å²) >= 11 is 0. The lowest BCUT2D eigenvalue weighted by Crippen LogP contribution is -2.61. The van der Waals surface area contributed by atoms with E-state index < -0.39 is 0 Å². The van der Waals surface area contributed by atoms with E-state index in [-0.39, 0.29) is 11.5 Å². The highest BCUT2D eigenvalue weighted by atomic mass is 16.5. The monoisotopic (exact) mass is 432 g/mol. The Morgan fingerprint density at radius 2 is 2.00 bits per heavy atom. The molecule has 3 atom stereocenters. The van der Waals surface area contributed by atoms with Gasteiger partial charge in [0.15, 0.2) is 5.78 Å². The third kappa shape index (κ3) is 3.88. The number of aryl methyl sites for hydroxylation is 1. The SMILES string of the molecule is COCCCc1ccccc1Nc1ccc2c(c1)[C@]1(C)CCN(CC3CC3)C(C2=O)[C@@H]1C. The number of piperidine rings is 1. The number of hydrogen-bond donors (Lipinski definition) is 1. The molecule has 1 N–H and O–H groups in total. The van der Waals surface area contributed by atoms with Crippen LogP contribution in [0.5, 0.6) is 0 Å². The van der Waals surface area contributed by atoms with Crippen LogP contribution in [0.3, 0.4) is 0 Å². The number of ether oxygens (including phenoxy) is 1. The van der Waals surface area contributed by atoms with Crippen LogP contribution in [0.15, 0.2) is 42.5 Å². The van der Waals surface area contributed by atoms with E-state index in [2.05, 4.69) is 66.5 Å². The maximum Gasteiger partial charge on any atom is 0.180 e. The van der Waals surface area contributed by atoms with Crippen LogP contribution in [-0.4, -0.2) is 43.5 Å². The number of carbonyl (C=O) groups is 1. The zero-order valence-electron chi connectivity index (χ0n) is 19.7. The van der Waals surface area contributed by atoms with Crippen molar-refractivity contribution in [3.05, 3.63) is 59.2 Å². The van der Waals surface area contributed by atoms with Gasteiger partial charge in [0.05, 0.1) is 6.04 Å². The van der Waals surface area contributed by atoms with Gasteiger partial charge in [0, 0.05) is 37.2 Å². The van der Waals surface area contributed by atoms with E-state index >= 15 is 0 Å². The Morgan fingerprint density at radius 1 is 1.19 bits per heavy atom. The van der Waals surface area contributed by atoms with Crippen molar-refractivity contribution in [1.29, 1.82) is 0 Å². The quantitative estimate of drug-likeness (QED) is 0.553. The molecule has 2 aliphatic carbocycles. The summed E-state index contributed by atoms with van der Waals surface area (Å²) in [6, 6.07) is 15.0. The van der Waals surface area contributed by atoms with Gasteiger partial charge in [-0.3, -0.25) is 9.69 Å². The number of anilines is 2. The molecule has 2 bridgehead atoms. The number of likely N-dealkylation sites (tertiary alicyclic amines) is 1. The van der Waals surface area contributed by atoms with Gasteiger partial charge in [-0.15, -0.1) is 0 Å².